The number of phenolic OH excluding ortho intramolecular Hbond substituents is 1. The van der Waals surface area contributed by atoms with E-state index in [1.807, 2.05) is 17.0 Å². The number of hydrogen-bond donors (Lipinski definition) is 2. The van der Waals surface area contributed by atoms with Crippen LogP contribution in [-0.4, -0.2) is 54.5 Å². The van der Waals surface area contributed by atoms with Gasteiger partial charge in [0.2, 0.25) is 5.91 Å². The molecule has 0 bridgehead atoms. The van der Waals surface area contributed by atoms with Crippen LogP contribution < -0.4 is 10.2 Å². The average molecular weight is 357 g/mol. The first kappa shape index (κ1) is 17.7. The number of aromatic hydroxyl groups is 1. The molecule has 2 N–H and O–H groups in total. The van der Waals surface area contributed by atoms with Crippen molar-refractivity contribution < 1.29 is 19.1 Å². The highest BCUT2D eigenvalue weighted by Crippen LogP contribution is 2.27. The Morgan fingerprint density at radius 3 is 2.35 bits per heavy atom. The molecule has 1 aliphatic rings. The second kappa shape index (κ2) is 7.86. The van der Waals surface area contributed by atoms with E-state index in [1.54, 1.807) is 23.1 Å². The average Bonchev–Trinajstić information content (AvgIpc) is 2.67. The van der Waals surface area contributed by atoms with Gasteiger partial charge in [0.1, 0.15) is 11.6 Å². The molecule has 0 atom stereocenters. The van der Waals surface area contributed by atoms with E-state index in [1.165, 1.54) is 18.2 Å². The Labute approximate surface area is 150 Å². The van der Waals surface area contributed by atoms with E-state index in [0.717, 1.165) is 5.69 Å². The summed E-state index contributed by atoms with van der Waals surface area (Å²) in [7, 11) is 0. The van der Waals surface area contributed by atoms with Crippen molar-refractivity contribution in [2.24, 2.45) is 0 Å². The van der Waals surface area contributed by atoms with Crippen LogP contribution in [0.4, 0.5) is 10.1 Å². The maximum absolute atomic E-state index is 13.6. The lowest BCUT2D eigenvalue weighted by molar-refractivity contribution is -0.130. The summed E-state index contributed by atoms with van der Waals surface area (Å²) in [5.41, 5.74) is 0.664. The van der Waals surface area contributed by atoms with E-state index in [0.29, 0.717) is 26.2 Å². The highest BCUT2D eigenvalue weighted by Gasteiger charge is 2.23. The van der Waals surface area contributed by atoms with Crippen LogP contribution in [0.25, 0.3) is 0 Å². The maximum atomic E-state index is 13.6. The van der Waals surface area contributed by atoms with E-state index in [2.05, 4.69) is 5.32 Å². The summed E-state index contributed by atoms with van der Waals surface area (Å²) in [6.45, 7) is 1.98. The summed E-state index contributed by atoms with van der Waals surface area (Å²) < 4.78 is 13.6. The molecule has 0 unspecified atom stereocenters. The minimum atomic E-state index is -0.617. The molecule has 1 heterocycles. The molecule has 2 aromatic rings. The monoisotopic (exact) mass is 357 g/mol. The highest BCUT2D eigenvalue weighted by molar-refractivity contribution is 5.96. The number of nitrogens with zero attached hydrogens (tertiary/aromatic N) is 2. The van der Waals surface area contributed by atoms with Crippen molar-refractivity contribution in [3.8, 4) is 5.75 Å². The minimum absolute atomic E-state index is 0.0790. The number of hydrogen-bond acceptors (Lipinski definition) is 4. The molecule has 0 spiro atoms. The van der Waals surface area contributed by atoms with Gasteiger partial charge >= 0.3 is 0 Å². The quantitative estimate of drug-likeness (QED) is 0.872. The van der Waals surface area contributed by atoms with Crippen molar-refractivity contribution in [3.05, 3.63) is 59.9 Å². The SMILES string of the molecule is O=C(NCC(=O)N1CCN(c2ccccc2O)CC1)c1ccccc1F. The lowest BCUT2D eigenvalue weighted by atomic mass is 10.2. The number of anilines is 1. The summed E-state index contributed by atoms with van der Waals surface area (Å²) in [4.78, 5) is 27.9. The summed E-state index contributed by atoms with van der Waals surface area (Å²) >= 11 is 0. The van der Waals surface area contributed by atoms with Gasteiger partial charge in [-0.1, -0.05) is 24.3 Å². The maximum Gasteiger partial charge on any atom is 0.254 e. The van der Waals surface area contributed by atoms with Crippen molar-refractivity contribution in [1.29, 1.82) is 0 Å². The van der Waals surface area contributed by atoms with Crippen LogP contribution >= 0.6 is 0 Å². The van der Waals surface area contributed by atoms with Gasteiger partial charge in [-0.3, -0.25) is 9.59 Å². The molecular weight excluding hydrogens is 337 g/mol. The molecule has 0 saturated carbocycles. The van der Waals surface area contributed by atoms with Crippen LogP contribution in [0, 0.1) is 5.82 Å². The summed E-state index contributed by atoms with van der Waals surface area (Å²) in [6.07, 6.45) is 0. The van der Waals surface area contributed by atoms with Gasteiger partial charge in [0.05, 0.1) is 17.8 Å². The Bertz CT molecular complexity index is 804. The third-order valence-electron chi connectivity index (χ3n) is 4.37. The molecule has 2 aromatic carbocycles. The first-order valence-electron chi connectivity index (χ1n) is 8.39. The molecule has 0 aliphatic carbocycles. The van der Waals surface area contributed by atoms with Crippen molar-refractivity contribution in [1.82, 2.24) is 10.2 Å². The Morgan fingerprint density at radius 2 is 1.65 bits per heavy atom. The van der Waals surface area contributed by atoms with Crippen LogP contribution in [0.3, 0.4) is 0 Å². The molecule has 2 amide bonds. The third kappa shape index (κ3) is 3.93. The fourth-order valence-electron chi connectivity index (χ4n) is 2.94. The highest BCUT2D eigenvalue weighted by atomic mass is 19.1. The topological polar surface area (TPSA) is 72.9 Å². The fraction of sp³-hybridized carbons (Fsp3) is 0.263. The van der Waals surface area contributed by atoms with Crippen LogP contribution in [-0.2, 0) is 4.79 Å². The second-order valence-corrected chi connectivity index (χ2v) is 6.02. The standard InChI is InChI=1S/C19H20FN3O3/c20-15-6-2-1-5-14(15)19(26)21-13-18(25)23-11-9-22(10-12-23)16-7-3-4-8-17(16)24/h1-8,24H,9-13H2,(H,21,26). The molecule has 6 nitrogen and oxygen atoms in total. The molecule has 1 fully saturated rings. The number of rotatable bonds is 4. The molecule has 0 aromatic heterocycles. The van der Waals surface area contributed by atoms with E-state index < -0.39 is 11.7 Å². The predicted octanol–water partition coefficient (Wildman–Crippen LogP) is 1.61. The zero-order chi connectivity index (χ0) is 18.5. The number of para-hydroxylation sites is 2. The molecule has 1 aliphatic heterocycles. The summed E-state index contributed by atoms with van der Waals surface area (Å²) in [5, 5.41) is 12.4. The van der Waals surface area contributed by atoms with Crippen molar-refractivity contribution >= 4 is 17.5 Å². The van der Waals surface area contributed by atoms with Gasteiger partial charge in [0.15, 0.2) is 0 Å². The van der Waals surface area contributed by atoms with Gasteiger partial charge in [-0.2, -0.15) is 0 Å². The lowest BCUT2D eigenvalue weighted by Crippen LogP contribution is -2.51. The number of carbonyl (C=O) groups is 2. The van der Waals surface area contributed by atoms with Crippen LogP contribution in [0.15, 0.2) is 48.5 Å². The molecular formula is C19H20FN3O3. The summed E-state index contributed by atoms with van der Waals surface area (Å²) in [5.74, 6) is -1.23. The number of benzene rings is 2. The number of nitrogens with one attached hydrogen (secondary N) is 1. The van der Waals surface area contributed by atoms with Gasteiger partial charge in [-0.15, -0.1) is 0 Å². The van der Waals surface area contributed by atoms with Crippen molar-refractivity contribution in [3.63, 3.8) is 0 Å². The Morgan fingerprint density at radius 1 is 1.00 bits per heavy atom. The molecule has 3 rings (SSSR count). The fourth-order valence-corrected chi connectivity index (χ4v) is 2.94. The number of carbonyl (C=O) groups excluding carboxylic acids is 2. The van der Waals surface area contributed by atoms with E-state index >= 15 is 0 Å². The normalized spacial score (nSPS) is 14.2. The van der Waals surface area contributed by atoms with Crippen LogP contribution in [0.2, 0.25) is 0 Å². The van der Waals surface area contributed by atoms with E-state index in [-0.39, 0.29) is 23.8 Å². The van der Waals surface area contributed by atoms with Crippen molar-refractivity contribution in [2.45, 2.75) is 0 Å². The Kier molecular flexibility index (Phi) is 5.36. The molecule has 1 saturated heterocycles. The van der Waals surface area contributed by atoms with Crippen LogP contribution in [0.5, 0.6) is 5.75 Å². The molecule has 26 heavy (non-hydrogen) atoms. The number of phenols is 1. The van der Waals surface area contributed by atoms with Crippen LogP contribution in [0.1, 0.15) is 10.4 Å². The van der Waals surface area contributed by atoms with Gasteiger partial charge in [0.25, 0.3) is 5.91 Å². The first-order valence-corrected chi connectivity index (χ1v) is 8.39. The minimum Gasteiger partial charge on any atom is -0.506 e. The Balaban J connectivity index is 1.50. The lowest BCUT2D eigenvalue weighted by Gasteiger charge is -2.36. The first-order chi connectivity index (χ1) is 12.6. The third-order valence-corrected chi connectivity index (χ3v) is 4.37. The van der Waals surface area contributed by atoms with Gasteiger partial charge in [-0.25, -0.2) is 4.39 Å². The van der Waals surface area contributed by atoms with E-state index in [9.17, 15) is 19.1 Å². The van der Waals surface area contributed by atoms with Gasteiger partial charge in [-0.05, 0) is 24.3 Å². The van der Waals surface area contributed by atoms with Crippen molar-refractivity contribution in [2.75, 3.05) is 37.6 Å². The molecule has 7 heteroatoms. The van der Waals surface area contributed by atoms with Gasteiger partial charge < -0.3 is 20.2 Å². The predicted molar refractivity (Wildman–Crippen MR) is 95.6 cm³/mol. The number of halogens is 1. The second-order valence-electron chi connectivity index (χ2n) is 6.02. The molecule has 0 radical (unpaired) electrons. The number of amides is 2. The zero-order valence-corrected chi connectivity index (χ0v) is 14.2. The molecule has 136 valence electrons. The summed E-state index contributed by atoms with van der Waals surface area (Å²) in [6, 6.07) is 12.7. The van der Waals surface area contributed by atoms with Gasteiger partial charge in [0, 0.05) is 26.2 Å². The van der Waals surface area contributed by atoms with E-state index in [4.69, 9.17) is 0 Å². The number of piperazine rings is 1. The smallest absolute Gasteiger partial charge is 0.254 e. The largest absolute Gasteiger partial charge is 0.506 e. The Hall–Kier alpha value is -3.09. The zero-order valence-electron chi connectivity index (χ0n) is 14.2.